The van der Waals surface area contributed by atoms with Crippen LogP contribution in [0.2, 0.25) is 0 Å². The normalized spacial score (nSPS) is 10.5. The molecule has 0 bridgehead atoms. The van der Waals surface area contributed by atoms with E-state index in [4.69, 9.17) is 5.73 Å². The highest BCUT2D eigenvalue weighted by atomic mass is 15.1. The van der Waals surface area contributed by atoms with Gasteiger partial charge in [0.2, 0.25) is 0 Å². The molecule has 0 fully saturated rings. The summed E-state index contributed by atoms with van der Waals surface area (Å²) in [5.74, 6) is 1.20. The predicted octanol–water partition coefficient (Wildman–Crippen LogP) is 4.73. The van der Waals surface area contributed by atoms with Crippen LogP contribution in [0, 0.1) is 13.8 Å². The Kier molecular flexibility index (Phi) is 4.84. The van der Waals surface area contributed by atoms with Crippen LogP contribution >= 0.6 is 0 Å². The van der Waals surface area contributed by atoms with Crippen molar-refractivity contribution in [3.05, 3.63) is 65.5 Å². The second-order valence-electron chi connectivity index (χ2n) is 6.06. The first kappa shape index (κ1) is 16.8. The Morgan fingerprint density at radius 3 is 2.32 bits per heavy atom. The van der Waals surface area contributed by atoms with Gasteiger partial charge in [-0.25, -0.2) is 9.97 Å². The van der Waals surface area contributed by atoms with Gasteiger partial charge in [-0.1, -0.05) is 37.3 Å². The largest absolute Gasteiger partial charge is 0.393 e. The van der Waals surface area contributed by atoms with Gasteiger partial charge in [0.1, 0.15) is 12.0 Å². The second-order valence-corrected chi connectivity index (χ2v) is 6.06. The highest BCUT2D eigenvalue weighted by Gasteiger charge is 2.11. The molecular formula is C20H23N5. The van der Waals surface area contributed by atoms with Gasteiger partial charge >= 0.3 is 0 Å². The molecule has 0 saturated carbocycles. The highest BCUT2D eigenvalue weighted by Crippen LogP contribution is 2.30. The fraction of sp³-hybridized carbons (Fsp3) is 0.200. The van der Waals surface area contributed by atoms with Crippen LogP contribution in [0.25, 0.3) is 0 Å². The molecule has 0 amide bonds. The van der Waals surface area contributed by atoms with Crippen molar-refractivity contribution >= 4 is 28.7 Å². The Bertz CT molecular complexity index is 889. The zero-order valence-corrected chi connectivity index (χ0v) is 14.8. The van der Waals surface area contributed by atoms with Gasteiger partial charge < -0.3 is 16.4 Å². The van der Waals surface area contributed by atoms with Crippen molar-refractivity contribution in [1.29, 1.82) is 0 Å². The zero-order chi connectivity index (χ0) is 17.8. The molecule has 0 spiro atoms. The number of rotatable bonds is 5. The molecule has 0 saturated heterocycles. The molecule has 5 nitrogen and oxygen atoms in total. The summed E-state index contributed by atoms with van der Waals surface area (Å²) in [6.07, 6.45) is 2.45. The molecule has 0 unspecified atom stereocenters. The Hall–Kier alpha value is -3.08. The summed E-state index contributed by atoms with van der Waals surface area (Å²) in [4.78, 5) is 8.61. The smallest absolute Gasteiger partial charge is 0.159 e. The number of hydrogen-bond donors (Lipinski definition) is 3. The van der Waals surface area contributed by atoms with Crippen LogP contribution in [-0.4, -0.2) is 9.97 Å². The number of nitrogen functional groups attached to an aromatic ring is 1. The Morgan fingerprint density at radius 2 is 1.60 bits per heavy atom. The molecule has 3 aromatic rings. The van der Waals surface area contributed by atoms with Gasteiger partial charge in [0.25, 0.3) is 0 Å². The summed E-state index contributed by atoms with van der Waals surface area (Å²) >= 11 is 0. The van der Waals surface area contributed by atoms with E-state index in [0.29, 0.717) is 17.3 Å². The number of benzene rings is 2. The number of aromatic nitrogens is 2. The summed E-state index contributed by atoms with van der Waals surface area (Å²) in [5.41, 5.74) is 12.3. The number of nitrogens with zero attached hydrogens (tertiary/aromatic N) is 2. The first-order valence-electron chi connectivity index (χ1n) is 8.38. The molecule has 5 heteroatoms. The molecule has 0 atom stereocenters. The maximum absolute atomic E-state index is 6.31. The minimum atomic E-state index is 0.495. The average Bonchev–Trinajstić information content (AvgIpc) is 2.62. The predicted molar refractivity (Wildman–Crippen MR) is 105 cm³/mol. The van der Waals surface area contributed by atoms with E-state index in [-0.39, 0.29) is 0 Å². The van der Waals surface area contributed by atoms with Crippen LogP contribution in [0.15, 0.2) is 48.8 Å². The van der Waals surface area contributed by atoms with Crippen LogP contribution in [-0.2, 0) is 6.42 Å². The van der Waals surface area contributed by atoms with Gasteiger partial charge in [0.05, 0.1) is 0 Å². The third-order valence-corrected chi connectivity index (χ3v) is 4.18. The quantitative estimate of drug-likeness (QED) is 0.629. The average molecular weight is 333 g/mol. The maximum Gasteiger partial charge on any atom is 0.159 e. The Labute approximate surface area is 148 Å². The van der Waals surface area contributed by atoms with Crippen molar-refractivity contribution in [3.8, 4) is 0 Å². The number of anilines is 5. The van der Waals surface area contributed by atoms with E-state index in [0.717, 1.165) is 23.4 Å². The number of nitrogens with two attached hydrogens (primary N) is 1. The first-order valence-corrected chi connectivity index (χ1v) is 8.38. The van der Waals surface area contributed by atoms with E-state index in [1.165, 1.54) is 17.5 Å². The van der Waals surface area contributed by atoms with Crippen LogP contribution in [0.1, 0.15) is 23.6 Å². The van der Waals surface area contributed by atoms with Crippen LogP contribution in [0.5, 0.6) is 0 Å². The SMILES string of the molecule is CCc1ccccc1Nc1ncnc(Nc2cc(C)ccc2C)c1N. The molecule has 4 N–H and O–H groups in total. The van der Waals surface area contributed by atoms with E-state index in [9.17, 15) is 0 Å². The van der Waals surface area contributed by atoms with Gasteiger partial charge in [-0.2, -0.15) is 0 Å². The minimum absolute atomic E-state index is 0.495. The molecule has 0 radical (unpaired) electrons. The number of para-hydroxylation sites is 1. The highest BCUT2D eigenvalue weighted by molar-refractivity contribution is 5.81. The molecule has 1 heterocycles. The van der Waals surface area contributed by atoms with Gasteiger partial charge in [-0.15, -0.1) is 0 Å². The monoisotopic (exact) mass is 333 g/mol. The van der Waals surface area contributed by atoms with Crippen molar-refractivity contribution in [3.63, 3.8) is 0 Å². The molecule has 3 rings (SSSR count). The third kappa shape index (κ3) is 3.71. The second kappa shape index (κ2) is 7.21. The van der Waals surface area contributed by atoms with E-state index in [2.05, 4.69) is 65.6 Å². The number of hydrogen-bond acceptors (Lipinski definition) is 5. The molecule has 25 heavy (non-hydrogen) atoms. The number of aryl methyl sites for hydroxylation is 3. The van der Waals surface area contributed by atoms with Crippen molar-refractivity contribution < 1.29 is 0 Å². The molecule has 2 aromatic carbocycles. The lowest BCUT2D eigenvalue weighted by Gasteiger charge is -2.15. The van der Waals surface area contributed by atoms with E-state index < -0.39 is 0 Å². The van der Waals surface area contributed by atoms with Gasteiger partial charge in [-0.05, 0) is 49.1 Å². The van der Waals surface area contributed by atoms with Crippen molar-refractivity contribution in [2.45, 2.75) is 27.2 Å². The van der Waals surface area contributed by atoms with Gasteiger partial charge in [0.15, 0.2) is 11.6 Å². The summed E-state index contributed by atoms with van der Waals surface area (Å²) in [5, 5.41) is 6.65. The summed E-state index contributed by atoms with van der Waals surface area (Å²) in [6, 6.07) is 14.4. The first-order chi connectivity index (χ1) is 12.1. The van der Waals surface area contributed by atoms with Crippen LogP contribution in [0.4, 0.5) is 28.7 Å². The lowest BCUT2D eigenvalue weighted by molar-refractivity contribution is 1.13. The third-order valence-electron chi connectivity index (χ3n) is 4.18. The molecule has 0 aliphatic rings. The summed E-state index contributed by atoms with van der Waals surface area (Å²) in [7, 11) is 0. The van der Waals surface area contributed by atoms with Crippen LogP contribution in [0.3, 0.4) is 0 Å². The Morgan fingerprint density at radius 1 is 0.920 bits per heavy atom. The molecule has 0 aliphatic carbocycles. The van der Waals surface area contributed by atoms with Gasteiger partial charge in [0, 0.05) is 11.4 Å². The van der Waals surface area contributed by atoms with E-state index in [1.54, 1.807) is 0 Å². The van der Waals surface area contributed by atoms with Crippen LogP contribution < -0.4 is 16.4 Å². The lowest BCUT2D eigenvalue weighted by Crippen LogP contribution is -2.06. The fourth-order valence-electron chi connectivity index (χ4n) is 2.67. The summed E-state index contributed by atoms with van der Waals surface area (Å²) < 4.78 is 0. The molecule has 1 aromatic heterocycles. The number of nitrogens with one attached hydrogen (secondary N) is 2. The molecule has 0 aliphatic heterocycles. The molecule has 128 valence electrons. The van der Waals surface area contributed by atoms with Crippen molar-refractivity contribution in [2.24, 2.45) is 0 Å². The topological polar surface area (TPSA) is 75.9 Å². The lowest BCUT2D eigenvalue weighted by atomic mass is 10.1. The maximum atomic E-state index is 6.31. The van der Waals surface area contributed by atoms with E-state index in [1.807, 2.05) is 18.2 Å². The molecular weight excluding hydrogens is 310 g/mol. The standard InChI is InChI=1S/C20H23N5/c1-4-15-7-5-6-8-16(15)24-19-18(21)20(23-12-22-19)25-17-11-13(2)9-10-14(17)3/h5-12H,4,21H2,1-3H3,(H2,22,23,24,25). The van der Waals surface area contributed by atoms with Crippen molar-refractivity contribution in [2.75, 3.05) is 16.4 Å². The van der Waals surface area contributed by atoms with Crippen molar-refractivity contribution in [1.82, 2.24) is 9.97 Å². The minimum Gasteiger partial charge on any atom is -0.393 e. The Balaban J connectivity index is 1.91. The summed E-state index contributed by atoms with van der Waals surface area (Å²) in [6.45, 7) is 6.23. The van der Waals surface area contributed by atoms with Gasteiger partial charge in [-0.3, -0.25) is 0 Å². The fourth-order valence-corrected chi connectivity index (χ4v) is 2.67. The van der Waals surface area contributed by atoms with E-state index >= 15 is 0 Å². The zero-order valence-electron chi connectivity index (χ0n) is 14.8.